The van der Waals surface area contributed by atoms with Gasteiger partial charge in [-0.3, -0.25) is 0 Å². The highest BCUT2D eigenvalue weighted by molar-refractivity contribution is 5.34. The molecule has 17 heavy (non-hydrogen) atoms. The molecule has 0 heterocycles. The molecule has 1 fully saturated rings. The zero-order chi connectivity index (χ0) is 12.1. The zero-order valence-electron chi connectivity index (χ0n) is 9.85. The van der Waals surface area contributed by atoms with Gasteiger partial charge in [-0.1, -0.05) is 19.3 Å². The highest BCUT2D eigenvalue weighted by Gasteiger charge is 2.29. The van der Waals surface area contributed by atoms with E-state index in [0.717, 1.165) is 25.7 Å². The molecule has 0 bridgehead atoms. The maximum Gasteiger partial charge on any atom is 0.119 e. The third kappa shape index (κ3) is 3.21. The van der Waals surface area contributed by atoms with E-state index in [2.05, 4.69) is 6.07 Å². The van der Waals surface area contributed by atoms with Crippen molar-refractivity contribution in [2.45, 2.75) is 37.7 Å². The molecule has 0 unspecified atom stereocenters. The Balaban J connectivity index is 1.90. The fourth-order valence-corrected chi connectivity index (χ4v) is 2.20. The first-order valence-corrected chi connectivity index (χ1v) is 6.07. The Labute approximate surface area is 102 Å². The normalized spacial score (nSPS) is 18.4. The van der Waals surface area contributed by atoms with Crippen molar-refractivity contribution in [3.05, 3.63) is 29.8 Å². The summed E-state index contributed by atoms with van der Waals surface area (Å²) in [5.41, 5.74) is -0.0414. The number of aliphatic hydroxyl groups is 1. The minimum Gasteiger partial charge on any atom is -0.491 e. The molecule has 0 aromatic heterocycles. The van der Waals surface area contributed by atoms with Gasteiger partial charge in [0.1, 0.15) is 12.4 Å². The van der Waals surface area contributed by atoms with Crippen LogP contribution >= 0.6 is 0 Å². The number of nitrogens with zero attached hydrogens (tertiary/aromatic N) is 1. The molecule has 1 N–H and O–H groups in total. The summed E-state index contributed by atoms with van der Waals surface area (Å²) in [6.07, 6.45) is 5.01. The molecule has 1 saturated carbocycles. The summed E-state index contributed by atoms with van der Waals surface area (Å²) >= 11 is 0. The van der Waals surface area contributed by atoms with Crippen molar-refractivity contribution in [1.29, 1.82) is 5.26 Å². The average Bonchev–Trinajstić information content (AvgIpc) is 2.38. The molecule has 3 nitrogen and oxygen atoms in total. The van der Waals surface area contributed by atoms with Gasteiger partial charge in [0.2, 0.25) is 0 Å². The first kappa shape index (κ1) is 11.9. The van der Waals surface area contributed by atoms with Crippen LogP contribution in [0.4, 0.5) is 0 Å². The summed E-state index contributed by atoms with van der Waals surface area (Å²) in [6.45, 7) is 0.346. The van der Waals surface area contributed by atoms with Crippen molar-refractivity contribution in [2.75, 3.05) is 6.61 Å². The Bertz CT molecular complexity index is 399. The molecule has 2 rings (SSSR count). The van der Waals surface area contributed by atoms with Crippen LogP contribution < -0.4 is 4.74 Å². The molecular formula is C14H17NO2. The Hall–Kier alpha value is -1.53. The van der Waals surface area contributed by atoms with E-state index < -0.39 is 5.60 Å². The van der Waals surface area contributed by atoms with Crippen molar-refractivity contribution in [1.82, 2.24) is 0 Å². The molecular weight excluding hydrogens is 214 g/mol. The molecule has 0 atom stereocenters. The van der Waals surface area contributed by atoms with E-state index >= 15 is 0 Å². The molecule has 1 aliphatic carbocycles. The third-order valence-corrected chi connectivity index (χ3v) is 3.28. The molecule has 3 heteroatoms. The number of rotatable bonds is 3. The van der Waals surface area contributed by atoms with Gasteiger partial charge < -0.3 is 9.84 Å². The fourth-order valence-electron chi connectivity index (χ4n) is 2.20. The lowest BCUT2D eigenvalue weighted by molar-refractivity contribution is -0.0339. The van der Waals surface area contributed by atoms with Crippen LogP contribution in [0.2, 0.25) is 0 Å². The average molecular weight is 231 g/mol. The summed E-state index contributed by atoms with van der Waals surface area (Å²) in [5, 5.41) is 18.9. The second kappa shape index (κ2) is 5.20. The van der Waals surface area contributed by atoms with Crippen molar-refractivity contribution in [2.24, 2.45) is 0 Å². The van der Waals surface area contributed by atoms with Gasteiger partial charge in [0.05, 0.1) is 17.2 Å². The molecule has 0 radical (unpaired) electrons. The number of nitriles is 1. The van der Waals surface area contributed by atoms with Gasteiger partial charge in [0.25, 0.3) is 0 Å². The van der Waals surface area contributed by atoms with Gasteiger partial charge in [0, 0.05) is 0 Å². The van der Waals surface area contributed by atoms with Gasteiger partial charge in [-0.25, -0.2) is 0 Å². The second-order valence-corrected chi connectivity index (χ2v) is 4.71. The van der Waals surface area contributed by atoms with Crippen LogP contribution in [0.3, 0.4) is 0 Å². The van der Waals surface area contributed by atoms with Crippen LogP contribution in [-0.2, 0) is 0 Å². The van der Waals surface area contributed by atoms with Gasteiger partial charge in [0.15, 0.2) is 0 Å². The van der Waals surface area contributed by atoms with Crippen LogP contribution in [0.25, 0.3) is 0 Å². The maximum absolute atomic E-state index is 10.3. The highest BCUT2D eigenvalue weighted by Crippen LogP contribution is 2.28. The predicted octanol–water partition coefficient (Wildman–Crippen LogP) is 2.63. The molecule has 0 amide bonds. The highest BCUT2D eigenvalue weighted by atomic mass is 16.5. The van der Waals surface area contributed by atoms with Crippen molar-refractivity contribution < 1.29 is 9.84 Å². The Morgan fingerprint density at radius 2 is 1.82 bits per heavy atom. The van der Waals surface area contributed by atoms with Gasteiger partial charge in [-0.2, -0.15) is 5.26 Å². The van der Waals surface area contributed by atoms with E-state index in [-0.39, 0.29) is 0 Å². The number of hydrogen-bond donors (Lipinski definition) is 1. The van der Waals surface area contributed by atoms with E-state index in [0.29, 0.717) is 17.9 Å². The van der Waals surface area contributed by atoms with Gasteiger partial charge in [-0.15, -0.1) is 0 Å². The summed E-state index contributed by atoms with van der Waals surface area (Å²) in [7, 11) is 0. The van der Waals surface area contributed by atoms with E-state index in [4.69, 9.17) is 10.00 Å². The van der Waals surface area contributed by atoms with Gasteiger partial charge >= 0.3 is 0 Å². The van der Waals surface area contributed by atoms with E-state index in [1.807, 2.05) is 0 Å². The SMILES string of the molecule is N#Cc1ccc(OCC2(O)CCCCC2)cc1. The first-order chi connectivity index (χ1) is 8.22. The minimum absolute atomic E-state index is 0.346. The largest absolute Gasteiger partial charge is 0.491 e. The molecule has 0 aliphatic heterocycles. The Morgan fingerprint density at radius 1 is 1.18 bits per heavy atom. The maximum atomic E-state index is 10.3. The standard InChI is InChI=1S/C14H17NO2/c15-10-12-4-6-13(7-5-12)17-11-14(16)8-2-1-3-9-14/h4-7,16H,1-3,8-9,11H2. The molecule has 0 spiro atoms. The lowest BCUT2D eigenvalue weighted by Crippen LogP contribution is -2.37. The van der Waals surface area contributed by atoms with Crippen LogP contribution in [0.1, 0.15) is 37.7 Å². The number of hydrogen-bond acceptors (Lipinski definition) is 3. The van der Waals surface area contributed by atoms with Crippen LogP contribution in [0, 0.1) is 11.3 Å². The summed E-state index contributed by atoms with van der Waals surface area (Å²) in [6, 6.07) is 9.04. The number of ether oxygens (including phenoxy) is 1. The number of benzene rings is 1. The Kier molecular flexibility index (Phi) is 3.65. The quantitative estimate of drug-likeness (QED) is 0.870. The molecule has 90 valence electrons. The summed E-state index contributed by atoms with van der Waals surface area (Å²) in [5.74, 6) is 0.711. The fraction of sp³-hybridized carbons (Fsp3) is 0.500. The molecule has 0 saturated heterocycles. The van der Waals surface area contributed by atoms with Gasteiger partial charge in [-0.05, 0) is 37.1 Å². The summed E-state index contributed by atoms with van der Waals surface area (Å²) in [4.78, 5) is 0. The molecule has 1 aromatic carbocycles. The topological polar surface area (TPSA) is 53.2 Å². The van der Waals surface area contributed by atoms with Crippen molar-refractivity contribution >= 4 is 0 Å². The first-order valence-electron chi connectivity index (χ1n) is 6.07. The predicted molar refractivity (Wildman–Crippen MR) is 64.7 cm³/mol. The zero-order valence-corrected chi connectivity index (χ0v) is 9.85. The van der Waals surface area contributed by atoms with Crippen LogP contribution in [0.5, 0.6) is 5.75 Å². The molecule has 1 aromatic rings. The monoisotopic (exact) mass is 231 g/mol. The van der Waals surface area contributed by atoms with Crippen LogP contribution in [0.15, 0.2) is 24.3 Å². The lowest BCUT2D eigenvalue weighted by atomic mass is 9.85. The van der Waals surface area contributed by atoms with E-state index in [1.54, 1.807) is 24.3 Å². The summed E-state index contributed by atoms with van der Waals surface area (Å²) < 4.78 is 5.59. The smallest absolute Gasteiger partial charge is 0.119 e. The minimum atomic E-state index is -0.661. The van der Waals surface area contributed by atoms with E-state index in [1.165, 1.54) is 6.42 Å². The lowest BCUT2D eigenvalue weighted by Gasteiger charge is -2.31. The van der Waals surface area contributed by atoms with E-state index in [9.17, 15) is 5.11 Å². The van der Waals surface area contributed by atoms with Crippen molar-refractivity contribution in [3.63, 3.8) is 0 Å². The van der Waals surface area contributed by atoms with Crippen LogP contribution in [-0.4, -0.2) is 17.3 Å². The Morgan fingerprint density at radius 3 is 2.41 bits per heavy atom. The molecule has 1 aliphatic rings. The van der Waals surface area contributed by atoms with Crippen molar-refractivity contribution in [3.8, 4) is 11.8 Å². The third-order valence-electron chi connectivity index (χ3n) is 3.28. The second-order valence-electron chi connectivity index (χ2n) is 4.71.